The van der Waals surface area contributed by atoms with Crippen molar-refractivity contribution < 1.29 is 0 Å². The van der Waals surface area contributed by atoms with Gasteiger partial charge in [-0.3, -0.25) is 4.68 Å². The molecule has 0 amide bonds. The molecule has 1 unspecified atom stereocenters. The van der Waals surface area contributed by atoms with E-state index in [1.54, 1.807) is 0 Å². The second kappa shape index (κ2) is 9.13. The SMILES string of the molecule is CCCNC(CC)CCc1ccn(C(CC)CC)n1. The number of aromatic nitrogens is 2. The standard InChI is InChI=1S/C16H31N3/c1-5-12-17-14(6-2)9-10-15-11-13-19(18-15)16(7-3)8-4/h11,13-14,16-17H,5-10,12H2,1-4H3. The molecule has 3 nitrogen and oxygen atoms in total. The molecule has 1 atom stereocenters. The van der Waals surface area contributed by atoms with Gasteiger partial charge in [-0.25, -0.2) is 0 Å². The fourth-order valence-corrected chi connectivity index (χ4v) is 2.50. The van der Waals surface area contributed by atoms with Gasteiger partial charge in [0.1, 0.15) is 0 Å². The van der Waals surface area contributed by atoms with Crippen LogP contribution in [0.4, 0.5) is 0 Å². The molecule has 110 valence electrons. The van der Waals surface area contributed by atoms with Gasteiger partial charge in [0, 0.05) is 12.2 Å². The topological polar surface area (TPSA) is 29.9 Å². The minimum Gasteiger partial charge on any atom is -0.314 e. The molecule has 0 aliphatic rings. The lowest BCUT2D eigenvalue weighted by Crippen LogP contribution is -2.29. The lowest BCUT2D eigenvalue weighted by molar-refractivity contribution is 0.421. The van der Waals surface area contributed by atoms with Crippen LogP contribution in [0.25, 0.3) is 0 Å². The summed E-state index contributed by atoms with van der Waals surface area (Å²) in [4.78, 5) is 0. The summed E-state index contributed by atoms with van der Waals surface area (Å²) in [6.45, 7) is 10.1. The third-order valence-corrected chi connectivity index (χ3v) is 3.90. The molecule has 1 rings (SSSR count). The van der Waals surface area contributed by atoms with Gasteiger partial charge in [-0.05, 0) is 51.1 Å². The number of rotatable bonds is 10. The van der Waals surface area contributed by atoms with Crippen LogP contribution in [-0.4, -0.2) is 22.4 Å². The van der Waals surface area contributed by atoms with Gasteiger partial charge in [0.25, 0.3) is 0 Å². The van der Waals surface area contributed by atoms with Gasteiger partial charge in [-0.15, -0.1) is 0 Å². The number of hydrogen-bond acceptors (Lipinski definition) is 2. The van der Waals surface area contributed by atoms with Crippen molar-refractivity contribution in [1.29, 1.82) is 0 Å². The van der Waals surface area contributed by atoms with Crippen molar-refractivity contribution in [2.45, 2.75) is 78.3 Å². The fourth-order valence-electron chi connectivity index (χ4n) is 2.50. The van der Waals surface area contributed by atoms with E-state index >= 15 is 0 Å². The second-order valence-corrected chi connectivity index (χ2v) is 5.36. The summed E-state index contributed by atoms with van der Waals surface area (Å²) in [5, 5.41) is 8.33. The summed E-state index contributed by atoms with van der Waals surface area (Å²) in [5.41, 5.74) is 1.24. The third kappa shape index (κ3) is 5.35. The van der Waals surface area contributed by atoms with Crippen LogP contribution in [0.5, 0.6) is 0 Å². The molecule has 1 N–H and O–H groups in total. The van der Waals surface area contributed by atoms with E-state index in [0.717, 1.165) is 25.8 Å². The molecule has 0 radical (unpaired) electrons. The van der Waals surface area contributed by atoms with E-state index in [1.165, 1.54) is 25.0 Å². The number of hydrogen-bond donors (Lipinski definition) is 1. The predicted octanol–water partition coefficient (Wildman–Crippen LogP) is 3.96. The molecule has 0 aliphatic heterocycles. The molecule has 3 heteroatoms. The average molecular weight is 265 g/mol. The summed E-state index contributed by atoms with van der Waals surface area (Å²) in [5.74, 6) is 0. The first-order chi connectivity index (χ1) is 9.24. The lowest BCUT2D eigenvalue weighted by Gasteiger charge is -2.16. The van der Waals surface area contributed by atoms with Crippen molar-refractivity contribution in [3.63, 3.8) is 0 Å². The van der Waals surface area contributed by atoms with Crippen LogP contribution in [0.15, 0.2) is 12.3 Å². The average Bonchev–Trinajstić information content (AvgIpc) is 2.89. The molecule has 0 saturated carbocycles. The first kappa shape index (κ1) is 16.2. The van der Waals surface area contributed by atoms with E-state index < -0.39 is 0 Å². The molecule has 0 saturated heterocycles. The third-order valence-electron chi connectivity index (χ3n) is 3.90. The van der Waals surface area contributed by atoms with Crippen LogP contribution in [0.3, 0.4) is 0 Å². The first-order valence-electron chi connectivity index (χ1n) is 8.02. The Morgan fingerprint density at radius 2 is 1.89 bits per heavy atom. The number of nitrogens with one attached hydrogen (secondary N) is 1. The highest BCUT2D eigenvalue weighted by Crippen LogP contribution is 2.15. The van der Waals surface area contributed by atoms with Gasteiger partial charge in [0.05, 0.1) is 11.7 Å². The van der Waals surface area contributed by atoms with Crippen LogP contribution in [0, 0.1) is 0 Å². The minimum atomic E-state index is 0.564. The van der Waals surface area contributed by atoms with E-state index in [-0.39, 0.29) is 0 Å². The van der Waals surface area contributed by atoms with E-state index in [4.69, 9.17) is 5.10 Å². The van der Waals surface area contributed by atoms with E-state index in [9.17, 15) is 0 Å². The second-order valence-electron chi connectivity index (χ2n) is 5.36. The van der Waals surface area contributed by atoms with Gasteiger partial charge in [0.2, 0.25) is 0 Å². The van der Waals surface area contributed by atoms with Gasteiger partial charge in [0.15, 0.2) is 0 Å². The maximum absolute atomic E-state index is 4.73. The molecule has 0 bridgehead atoms. The summed E-state index contributed by atoms with van der Waals surface area (Å²) >= 11 is 0. The fraction of sp³-hybridized carbons (Fsp3) is 0.812. The Hall–Kier alpha value is -0.830. The maximum Gasteiger partial charge on any atom is 0.0625 e. The molecule has 19 heavy (non-hydrogen) atoms. The summed E-state index contributed by atoms with van der Waals surface area (Å²) in [7, 11) is 0. The predicted molar refractivity (Wildman–Crippen MR) is 82.5 cm³/mol. The summed E-state index contributed by atoms with van der Waals surface area (Å²) < 4.78 is 2.15. The van der Waals surface area contributed by atoms with Crippen molar-refractivity contribution in [2.24, 2.45) is 0 Å². The van der Waals surface area contributed by atoms with Crippen molar-refractivity contribution in [1.82, 2.24) is 15.1 Å². The zero-order valence-corrected chi connectivity index (χ0v) is 13.2. The highest BCUT2D eigenvalue weighted by Gasteiger charge is 2.10. The Morgan fingerprint density at radius 3 is 2.47 bits per heavy atom. The molecule has 1 aromatic rings. The zero-order chi connectivity index (χ0) is 14.1. The van der Waals surface area contributed by atoms with Gasteiger partial charge >= 0.3 is 0 Å². The molecule has 0 aliphatic carbocycles. The van der Waals surface area contributed by atoms with Crippen LogP contribution in [0.2, 0.25) is 0 Å². The Bertz CT molecular complexity index is 328. The summed E-state index contributed by atoms with van der Waals surface area (Å²) in [6, 6.07) is 3.39. The monoisotopic (exact) mass is 265 g/mol. The first-order valence-corrected chi connectivity index (χ1v) is 8.02. The van der Waals surface area contributed by atoms with Gasteiger partial charge in [-0.2, -0.15) is 5.10 Å². The van der Waals surface area contributed by atoms with Crippen LogP contribution in [0.1, 0.15) is 71.5 Å². The van der Waals surface area contributed by atoms with Crippen LogP contribution < -0.4 is 5.32 Å². The lowest BCUT2D eigenvalue weighted by atomic mass is 10.1. The van der Waals surface area contributed by atoms with Gasteiger partial charge < -0.3 is 5.32 Å². The summed E-state index contributed by atoms with van der Waals surface area (Å²) in [6.07, 6.45) is 9.15. The van der Waals surface area contributed by atoms with Crippen LogP contribution >= 0.6 is 0 Å². The minimum absolute atomic E-state index is 0.564. The largest absolute Gasteiger partial charge is 0.314 e. The molecule has 1 aromatic heterocycles. The molecule has 0 spiro atoms. The maximum atomic E-state index is 4.73. The highest BCUT2D eigenvalue weighted by atomic mass is 15.3. The highest BCUT2D eigenvalue weighted by molar-refractivity contribution is 5.00. The smallest absolute Gasteiger partial charge is 0.0625 e. The van der Waals surface area contributed by atoms with Crippen molar-refractivity contribution >= 4 is 0 Å². The van der Waals surface area contributed by atoms with Crippen LogP contribution in [-0.2, 0) is 6.42 Å². The van der Waals surface area contributed by atoms with E-state index in [0.29, 0.717) is 12.1 Å². The number of aryl methyl sites for hydroxylation is 1. The normalized spacial score (nSPS) is 13.1. The molecule has 0 fully saturated rings. The van der Waals surface area contributed by atoms with E-state index in [2.05, 4.69) is 50.0 Å². The Balaban J connectivity index is 2.44. The molecular weight excluding hydrogens is 234 g/mol. The Labute approximate surface area is 118 Å². The number of nitrogens with zero attached hydrogens (tertiary/aromatic N) is 2. The van der Waals surface area contributed by atoms with Gasteiger partial charge in [-0.1, -0.05) is 27.7 Å². The van der Waals surface area contributed by atoms with Crippen molar-refractivity contribution in [2.75, 3.05) is 6.54 Å². The Morgan fingerprint density at radius 1 is 1.16 bits per heavy atom. The van der Waals surface area contributed by atoms with E-state index in [1.807, 2.05) is 0 Å². The molecular formula is C16H31N3. The molecule has 0 aromatic carbocycles. The van der Waals surface area contributed by atoms with Crippen molar-refractivity contribution in [3.8, 4) is 0 Å². The van der Waals surface area contributed by atoms with Crippen molar-refractivity contribution in [3.05, 3.63) is 18.0 Å². The quantitative estimate of drug-likeness (QED) is 0.694. The molecule has 1 heterocycles. The Kier molecular flexibility index (Phi) is 7.80. The zero-order valence-electron chi connectivity index (χ0n) is 13.2.